The van der Waals surface area contributed by atoms with E-state index in [-0.39, 0.29) is 36.3 Å². The maximum atomic E-state index is 13.2. The Hall–Kier alpha value is -2.96. The van der Waals surface area contributed by atoms with Crippen molar-refractivity contribution in [1.82, 2.24) is 20.2 Å². The topological polar surface area (TPSA) is 101 Å². The Balaban J connectivity index is 1.79. The van der Waals surface area contributed by atoms with Crippen molar-refractivity contribution in [3.05, 3.63) is 53.3 Å². The van der Waals surface area contributed by atoms with Gasteiger partial charge in [0.15, 0.2) is 0 Å². The summed E-state index contributed by atoms with van der Waals surface area (Å²) in [4.78, 5) is 34.9. The maximum Gasteiger partial charge on any atom is 0.225 e. The minimum absolute atomic E-state index is 0.0147. The fraction of sp³-hybridized carbons (Fsp3) is 0.429. The average molecular weight is 381 g/mol. The number of nitrogen functional groups attached to an aromatic ring is 1. The first-order valence-electron chi connectivity index (χ1n) is 9.64. The van der Waals surface area contributed by atoms with E-state index >= 15 is 0 Å². The van der Waals surface area contributed by atoms with Gasteiger partial charge < -0.3 is 16.0 Å². The van der Waals surface area contributed by atoms with Crippen LogP contribution in [0.25, 0.3) is 0 Å². The van der Waals surface area contributed by atoms with E-state index in [1.165, 1.54) is 6.92 Å². The summed E-state index contributed by atoms with van der Waals surface area (Å²) in [5.74, 6) is 0.0869. The van der Waals surface area contributed by atoms with Crippen LogP contribution in [0.5, 0.6) is 0 Å². The summed E-state index contributed by atoms with van der Waals surface area (Å²) in [5.41, 5.74) is 8.56. The van der Waals surface area contributed by atoms with Crippen molar-refractivity contribution in [3.63, 3.8) is 0 Å². The van der Waals surface area contributed by atoms with Gasteiger partial charge in [0, 0.05) is 31.4 Å². The lowest BCUT2D eigenvalue weighted by Gasteiger charge is -2.36. The van der Waals surface area contributed by atoms with Gasteiger partial charge in [-0.05, 0) is 31.7 Å². The zero-order valence-corrected chi connectivity index (χ0v) is 16.4. The minimum Gasteiger partial charge on any atom is -0.368 e. The molecule has 2 aromatic rings. The maximum absolute atomic E-state index is 13.2. The normalized spacial score (nSPS) is 17.8. The lowest BCUT2D eigenvalue weighted by molar-refractivity contribution is -0.135. The fourth-order valence-corrected chi connectivity index (χ4v) is 3.68. The van der Waals surface area contributed by atoms with Gasteiger partial charge in [0.2, 0.25) is 17.8 Å². The van der Waals surface area contributed by atoms with Crippen molar-refractivity contribution in [3.8, 4) is 0 Å². The first-order chi connectivity index (χ1) is 13.4. The molecule has 0 spiro atoms. The summed E-state index contributed by atoms with van der Waals surface area (Å²) < 4.78 is 0. The second-order valence-corrected chi connectivity index (χ2v) is 7.34. The highest BCUT2D eigenvalue weighted by Crippen LogP contribution is 2.32. The monoisotopic (exact) mass is 381 g/mol. The van der Waals surface area contributed by atoms with Crippen LogP contribution in [0.4, 0.5) is 5.95 Å². The van der Waals surface area contributed by atoms with Crippen LogP contribution >= 0.6 is 0 Å². The van der Waals surface area contributed by atoms with Crippen LogP contribution < -0.4 is 11.1 Å². The molecule has 7 nitrogen and oxygen atoms in total. The molecule has 0 radical (unpaired) electrons. The molecule has 148 valence electrons. The number of nitrogens with two attached hydrogens (primary N) is 1. The quantitative estimate of drug-likeness (QED) is 0.829. The number of aryl methyl sites for hydroxylation is 1. The number of benzene rings is 1. The molecule has 1 aromatic heterocycles. The van der Waals surface area contributed by atoms with Crippen LogP contribution in [0.3, 0.4) is 0 Å². The number of carbonyl (C=O) groups is 2. The Kier molecular flexibility index (Phi) is 6.23. The Bertz CT molecular complexity index is 820. The lowest BCUT2D eigenvalue weighted by Crippen LogP contribution is -2.41. The second-order valence-electron chi connectivity index (χ2n) is 7.34. The molecule has 1 aliphatic heterocycles. The standard InChI is InChI=1S/C21H27N5O2/c1-14-6-8-16(9-7-14)18(25-15(2)27)11-20(28)26-10-4-3-5-19(26)17-12-23-21(22)24-13-17/h6-9,12-13,18-19H,3-5,10-11H2,1-2H3,(H,25,27)(H2,22,23,24). The molecule has 0 aliphatic carbocycles. The molecule has 2 heterocycles. The molecule has 7 heteroatoms. The van der Waals surface area contributed by atoms with Crippen LogP contribution in [0.15, 0.2) is 36.7 Å². The molecule has 3 N–H and O–H groups in total. The van der Waals surface area contributed by atoms with Crippen molar-refractivity contribution in [2.24, 2.45) is 0 Å². The molecule has 1 aliphatic rings. The summed E-state index contributed by atoms with van der Waals surface area (Å²) in [7, 11) is 0. The fourth-order valence-electron chi connectivity index (χ4n) is 3.68. The van der Waals surface area contributed by atoms with E-state index in [1.54, 1.807) is 12.4 Å². The SMILES string of the molecule is CC(=O)NC(CC(=O)N1CCCCC1c1cnc(N)nc1)c1ccc(C)cc1. The number of aromatic nitrogens is 2. The number of carbonyl (C=O) groups excluding carboxylic acids is 2. The van der Waals surface area contributed by atoms with Gasteiger partial charge >= 0.3 is 0 Å². The molecule has 28 heavy (non-hydrogen) atoms. The number of hydrogen-bond donors (Lipinski definition) is 2. The van der Waals surface area contributed by atoms with E-state index in [1.807, 2.05) is 36.1 Å². The minimum atomic E-state index is -0.351. The Morgan fingerprint density at radius 2 is 1.89 bits per heavy atom. The zero-order chi connectivity index (χ0) is 20.1. The summed E-state index contributed by atoms with van der Waals surface area (Å²) >= 11 is 0. The highest BCUT2D eigenvalue weighted by Gasteiger charge is 2.30. The van der Waals surface area contributed by atoms with Crippen molar-refractivity contribution in [2.45, 2.75) is 51.6 Å². The number of likely N-dealkylation sites (tertiary alicyclic amines) is 1. The van der Waals surface area contributed by atoms with E-state index < -0.39 is 0 Å². The zero-order valence-electron chi connectivity index (χ0n) is 16.4. The van der Waals surface area contributed by atoms with E-state index in [0.29, 0.717) is 6.54 Å². The van der Waals surface area contributed by atoms with Gasteiger partial charge in [0.25, 0.3) is 0 Å². The third-order valence-electron chi connectivity index (χ3n) is 5.14. The molecule has 2 amide bonds. The van der Waals surface area contributed by atoms with Gasteiger partial charge in [-0.15, -0.1) is 0 Å². The third kappa shape index (κ3) is 4.85. The summed E-state index contributed by atoms with van der Waals surface area (Å²) in [6, 6.07) is 7.50. The Morgan fingerprint density at radius 1 is 1.21 bits per heavy atom. The van der Waals surface area contributed by atoms with E-state index in [9.17, 15) is 9.59 Å². The molecule has 2 atom stereocenters. The van der Waals surface area contributed by atoms with Gasteiger partial charge in [-0.3, -0.25) is 9.59 Å². The summed E-state index contributed by atoms with van der Waals surface area (Å²) in [6.45, 7) is 4.17. The first-order valence-corrected chi connectivity index (χ1v) is 9.64. The van der Waals surface area contributed by atoms with Crippen LogP contribution in [0.1, 0.15) is 61.4 Å². The number of anilines is 1. The van der Waals surface area contributed by atoms with Gasteiger partial charge in [-0.1, -0.05) is 29.8 Å². The Morgan fingerprint density at radius 3 is 2.54 bits per heavy atom. The molecule has 2 unspecified atom stereocenters. The van der Waals surface area contributed by atoms with Crippen molar-refractivity contribution < 1.29 is 9.59 Å². The second kappa shape index (κ2) is 8.82. The van der Waals surface area contributed by atoms with Crippen molar-refractivity contribution >= 4 is 17.8 Å². The van der Waals surface area contributed by atoms with Crippen LogP contribution in [0, 0.1) is 6.92 Å². The van der Waals surface area contributed by atoms with Gasteiger partial charge in [0.1, 0.15) is 0 Å². The van der Waals surface area contributed by atoms with Gasteiger partial charge in [0.05, 0.1) is 18.5 Å². The average Bonchev–Trinajstić information content (AvgIpc) is 2.68. The van der Waals surface area contributed by atoms with Crippen molar-refractivity contribution in [1.29, 1.82) is 0 Å². The highest BCUT2D eigenvalue weighted by atomic mass is 16.2. The molecule has 0 bridgehead atoms. The molecule has 0 saturated carbocycles. The van der Waals surface area contributed by atoms with Gasteiger partial charge in [-0.2, -0.15) is 0 Å². The molecule has 3 rings (SSSR count). The number of hydrogen-bond acceptors (Lipinski definition) is 5. The predicted molar refractivity (Wildman–Crippen MR) is 107 cm³/mol. The third-order valence-corrected chi connectivity index (χ3v) is 5.14. The predicted octanol–water partition coefficient (Wildman–Crippen LogP) is 2.69. The molecule has 1 fully saturated rings. The number of rotatable bonds is 5. The van der Waals surface area contributed by atoms with E-state index in [2.05, 4.69) is 15.3 Å². The Labute approximate surface area is 165 Å². The lowest BCUT2D eigenvalue weighted by atomic mass is 9.95. The van der Waals surface area contributed by atoms with Gasteiger partial charge in [-0.25, -0.2) is 9.97 Å². The smallest absolute Gasteiger partial charge is 0.225 e. The van der Waals surface area contributed by atoms with E-state index in [0.717, 1.165) is 36.0 Å². The highest BCUT2D eigenvalue weighted by molar-refractivity contribution is 5.79. The number of piperidine rings is 1. The molecular weight excluding hydrogens is 354 g/mol. The first kappa shape index (κ1) is 19.8. The summed E-state index contributed by atoms with van der Waals surface area (Å²) in [5, 5.41) is 2.92. The summed E-state index contributed by atoms with van der Waals surface area (Å²) in [6.07, 6.45) is 6.50. The molecular formula is C21H27N5O2. The largest absolute Gasteiger partial charge is 0.368 e. The van der Waals surface area contributed by atoms with E-state index in [4.69, 9.17) is 5.73 Å². The number of amides is 2. The number of nitrogens with zero attached hydrogens (tertiary/aromatic N) is 3. The van der Waals surface area contributed by atoms with Crippen LogP contribution in [-0.4, -0.2) is 33.2 Å². The molecule has 1 aromatic carbocycles. The van der Waals surface area contributed by atoms with Crippen LogP contribution in [0.2, 0.25) is 0 Å². The van der Waals surface area contributed by atoms with Crippen LogP contribution in [-0.2, 0) is 9.59 Å². The van der Waals surface area contributed by atoms with Crippen molar-refractivity contribution in [2.75, 3.05) is 12.3 Å². The molecule has 1 saturated heterocycles. The number of nitrogens with one attached hydrogen (secondary N) is 1.